The van der Waals surface area contributed by atoms with Crippen LogP contribution in [0.15, 0.2) is 41.4 Å². The molecule has 4 rings (SSSR count). The van der Waals surface area contributed by atoms with Gasteiger partial charge in [0, 0.05) is 5.56 Å². The van der Waals surface area contributed by atoms with Gasteiger partial charge in [0.1, 0.15) is 6.54 Å². The molecule has 0 atom stereocenters. The van der Waals surface area contributed by atoms with Crippen molar-refractivity contribution in [2.24, 2.45) is 4.99 Å². The van der Waals surface area contributed by atoms with E-state index >= 15 is 0 Å². The molecule has 0 saturated heterocycles. The van der Waals surface area contributed by atoms with Crippen molar-refractivity contribution < 1.29 is 23.9 Å². The summed E-state index contributed by atoms with van der Waals surface area (Å²) in [4.78, 5) is 41.8. The molecule has 0 radical (unpaired) electrons. The highest BCUT2D eigenvalue weighted by atomic mass is 32.1. The first-order valence-electron chi connectivity index (χ1n) is 10.6. The molecule has 7 nitrogen and oxygen atoms in total. The van der Waals surface area contributed by atoms with E-state index in [0.717, 1.165) is 24.0 Å². The largest absolute Gasteiger partial charge is 0.468 e. The van der Waals surface area contributed by atoms with Gasteiger partial charge in [0.05, 0.1) is 29.5 Å². The van der Waals surface area contributed by atoms with Crippen LogP contribution in [0.1, 0.15) is 51.6 Å². The van der Waals surface area contributed by atoms with Crippen molar-refractivity contribution in [3.05, 3.63) is 63.5 Å². The Bertz CT molecular complexity index is 1270. The predicted octanol–water partition coefficient (Wildman–Crippen LogP) is 3.67. The molecule has 0 unspecified atom stereocenters. The van der Waals surface area contributed by atoms with Crippen molar-refractivity contribution in [3.8, 4) is 0 Å². The van der Waals surface area contributed by atoms with Gasteiger partial charge in [0.25, 0.3) is 5.91 Å². The maximum absolute atomic E-state index is 13.0. The second-order valence-electron chi connectivity index (χ2n) is 7.56. The highest BCUT2D eigenvalue weighted by molar-refractivity contribution is 7.16. The molecule has 0 bridgehead atoms. The molecule has 3 aromatic rings. The third kappa shape index (κ3) is 4.50. The van der Waals surface area contributed by atoms with E-state index in [2.05, 4.69) is 4.99 Å². The first kappa shape index (κ1) is 22.0. The number of fused-ring (bicyclic) bond motifs is 2. The Morgan fingerprint density at radius 3 is 2.53 bits per heavy atom. The van der Waals surface area contributed by atoms with E-state index in [9.17, 15) is 14.4 Å². The summed E-state index contributed by atoms with van der Waals surface area (Å²) in [5, 5.41) is 0. The number of carbonyl (C=O) groups excluding carboxylic acids is 3. The van der Waals surface area contributed by atoms with Gasteiger partial charge >= 0.3 is 11.9 Å². The van der Waals surface area contributed by atoms with Crippen molar-refractivity contribution in [2.45, 2.75) is 39.2 Å². The zero-order valence-corrected chi connectivity index (χ0v) is 18.9. The molecule has 1 aliphatic carbocycles. The van der Waals surface area contributed by atoms with Crippen LogP contribution in [0.2, 0.25) is 0 Å². The van der Waals surface area contributed by atoms with E-state index in [1.165, 1.54) is 36.0 Å². The molecule has 0 fully saturated rings. The van der Waals surface area contributed by atoms with Gasteiger partial charge in [0.2, 0.25) is 0 Å². The lowest BCUT2D eigenvalue weighted by Gasteiger charge is -2.15. The first-order chi connectivity index (χ1) is 15.5. The molecule has 8 heteroatoms. The van der Waals surface area contributed by atoms with Crippen LogP contribution in [-0.4, -0.2) is 36.1 Å². The predicted molar refractivity (Wildman–Crippen MR) is 121 cm³/mol. The molecule has 0 spiro atoms. The third-order valence-electron chi connectivity index (χ3n) is 5.50. The topological polar surface area (TPSA) is 87.0 Å². The van der Waals surface area contributed by atoms with Crippen LogP contribution >= 0.6 is 11.3 Å². The number of hydrogen-bond donors (Lipinski definition) is 0. The SMILES string of the molecule is CCOC(=O)c1ccc2c(c1)sc(=NC(=O)c1ccc3c(c1)CCCC3)n2CC(=O)OC. The summed E-state index contributed by atoms with van der Waals surface area (Å²) in [5.74, 6) is -1.25. The Kier molecular flexibility index (Phi) is 6.50. The number of aryl methyl sites for hydroxylation is 2. The van der Waals surface area contributed by atoms with Crippen molar-refractivity contribution >= 4 is 39.4 Å². The standard InChI is InChI=1S/C24H24N2O5S/c1-3-31-23(29)18-10-11-19-20(13-18)32-24(26(19)14-21(27)30-2)25-22(28)17-9-8-15-6-4-5-7-16(15)12-17/h8-13H,3-7,14H2,1-2H3. The molecular formula is C24H24N2O5S. The lowest BCUT2D eigenvalue weighted by atomic mass is 9.90. The minimum atomic E-state index is -0.457. The van der Waals surface area contributed by atoms with Crippen molar-refractivity contribution in [2.75, 3.05) is 13.7 Å². The summed E-state index contributed by atoms with van der Waals surface area (Å²) in [7, 11) is 1.31. The summed E-state index contributed by atoms with van der Waals surface area (Å²) in [6, 6.07) is 10.8. The minimum Gasteiger partial charge on any atom is -0.468 e. The second kappa shape index (κ2) is 9.48. The van der Waals surface area contributed by atoms with Gasteiger partial charge in [-0.1, -0.05) is 17.4 Å². The van der Waals surface area contributed by atoms with Crippen LogP contribution in [-0.2, 0) is 33.7 Å². The molecule has 0 saturated carbocycles. The lowest BCUT2D eigenvalue weighted by molar-refractivity contribution is -0.141. The van der Waals surface area contributed by atoms with E-state index in [1.807, 2.05) is 18.2 Å². The van der Waals surface area contributed by atoms with Crippen LogP contribution in [0.5, 0.6) is 0 Å². The van der Waals surface area contributed by atoms with E-state index in [1.54, 1.807) is 29.7 Å². The maximum Gasteiger partial charge on any atom is 0.338 e. The van der Waals surface area contributed by atoms with E-state index in [0.29, 0.717) is 21.4 Å². The van der Waals surface area contributed by atoms with Gasteiger partial charge < -0.3 is 14.0 Å². The van der Waals surface area contributed by atoms with Crippen molar-refractivity contribution in [3.63, 3.8) is 0 Å². The molecule has 0 aliphatic heterocycles. The maximum atomic E-state index is 13.0. The molecule has 0 N–H and O–H groups in total. The van der Waals surface area contributed by atoms with Crippen LogP contribution in [0.4, 0.5) is 0 Å². The normalized spacial score (nSPS) is 13.6. The monoisotopic (exact) mass is 452 g/mol. The number of nitrogens with zero attached hydrogens (tertiary/aromatic N) is 2. The average Bonchev–Trinajstić information content (AvgIpc) is 3.14. The second-order valence-corrected chi connectivity index (χ2v) is 8.57. The van der Waals surface area contributed by atoms with Crippen molar-refractivity contribution in [1.82, 2.24) is 4.57 Å². The van der Waals surface area contributed by atoms with E-state index < -0.39 is 11.9 Å². The van der Waals surface area contributed by atoms with Crippen LogP contribution in [0, 0.1) is 0 Å². The number of esters is 2. The smallest absolute Gasteiger partial charge is 0.338 e. The molecule has 2 aromatic carbocycles. The number of rotatable bonds is 5. The third-order valence-corrected chi connectivity index (χ3v) is 6.54. The van der Waals surface area contributed by atoms with E-state index in [4.69, 9.17) is 9.47 Å². The van der Waals surface area contributed by atoms with Crippen LogP contribution in [0.25, 0.3) is 10.2 Å². The summed E-state index contributed by atoms with van der Waals surface area (Å²) >= 11 is 1.24. The zero-order valence-electron chi connectivity index (χ0n) is 18.1. The Labute approximate surface area is 189 Å². The summed E-state index contributed by atoms with van der Waals surface area (Å²) < 4.78 is 12.2. The van der Waals surface area contributed by atoms with Gasteiger partial charge in [-0.05, 0) is 74.1 Å². The van der Waals surface area contributed by atoms with E-state index in [-0.39, 0.29) is 19.1 Å². The number of ether oxygens (including phenoxy) is 2. The molecule has 1 heterocycles. The average molecular weight is 453 g/mol. The molecule has 1 aromatic heterocycles. The highest BCUT2D eigenvalue weighted by Gasteiger charge is 2.16. The fourth-order valence-electron chi connectivity index (χ4n) is 3.86. The van der Waals surface area contributed by atoms with Crippen LogP contribution < -0.4 is 4.80 Å². The number of thiazole rings is 1. The molecular weight excluding hydrogens is 428 g/mol. The number of amides is 1. The van der Waals surface area contributed by atoms with Gasteiger partial charge in [0.15, 0.2) is 4.80 Å². The zero-order chi connectivity index (χ0) is 22.7. The van der Waals surface area contributed by atoms with Crippen LogP contribution in [0.3, 0.4) is 0 Å². The Morgan fingerprint density at radius 1 is 1.03 bits per heavy atom. The Balaban J connectivity index is 1.77. The highest BCUT2D eigenvalue weighted by Crippen LogP contribution is 2.23. The number of methoxy groups -OCH3 is 1. The number of carbonyl (C=O) groups is 3. The number of benzene rings is 2. The van der Waals surface area contributed by atoms with Crippen molar-refractivity contribution in [1.29, 1.82) is 0 Å². The molecule has 32 heavy (non-hydrogen) atoms. The fourth-order valence-corrected chi connectivity index (χ4v) is 4.93. The molecule has 1 amide bonds. The Morgan fingerprint density at radius 2 is 1.78 bits per heavy atom. The Hall–Kier alpha value is -3.26. The molecule has 1 aliphatic rings. The first-order valence-corrected chi connectivity index (χ1v) is 11.4. The van der Waals surface area contributed by atoms with Gasteiger partial charge in [-0.15, -0.1) is 0 Å². The summed E-state index contributed by atoms with van der Waals surface area (Å²) in [6.07, 6.45) is 4.31. The summed E-state index contributed by atoms with van der Waals surface area (Å²) in [6.45, 7) is 1.93. The number of hydrogen-bond acceptors (Lipinski definition) is 6. The van der Waals surface area contributed by atoms with Gasteiger partial charge in [-0.25, -0.2) is 4.79 Å². The fraction of sp³-hybridized carbons (Fsp3) is 0.333. The van der Waals surface area contributed by atoms with Gasteiger partial charge in [-0.3, -0.25) is 9.59 Å². The van der Waals surface area contributed by atoms with Gasteiger partial charge in [-0.2, -0.15) is 4.99 Å². The molecule has 166 valence electrons. The summed E-state index contributed by atoms with van der Waals surface area (Å²) in [5.41, 5.74) is 4.11. The number of aromatic nitrogens is 1. The quantitative estimate of drug-likeness (QED) is 0.551. The minimum absolute atomic E-state index is 0.0917. The lowest BCUT2D eigenvalue weighted by Crippen LogP contribution is -2.22.